The van der Waals surface area contributed by atoms with Crippen molar-refractivity contribution in [3.05, 3.63) is 42.5 Å². The molecule has 1 amide bonds. The number of amides is 1. The molecule has 0 radical (unpaired) electrons. The molecule has 0 spiro atoms. The number of likely N-dealkylation sites (tertiary alicyclic amines) is 1. The highest BCUT2D eigenvalue weighted by Gasteiger charge is 2.34. The Kier molecular flexibility index (Phi) is 4.08. The molecule has 0 unspecified atom stereocenters. The topological polar surface area (TPSA) is 56.1 Å². The van der Waals surface area contributed by atoms with Gasteiger partial charge in [-0.2, -0.15) is 5.26 Å². The number of carbonyl (C=O) groups excluding carboxylic acids is 1. The normalized spacial score (nSPS) is 21.6. The molecule has 1 aliphatic heterocycles. The Morgan fingerprint density at radius 2 is 2.09 bits per heavy atom. The fourth-order valence-corrected chi connectivity index (χ4v) is 3.22. The largest absolute Gasteiger partial charge is 0.324 e. The first-order valence-electron chi connectivity index (χ1n) is 7.58. The molecular formula is C18H19N3O. The molecule has 1 aliphatic rings. The van der Waals surface area contributed by atoms with E-state index < -0.39 is 0 Å². The van der Waals surface area contributed by atoms with Gasteiger partial charge in [0, 0.05) is 17.6 Å². The number of hydrogen-bond acceptors (Lipinski definition) is 3. The minimum absolute atomic E-state index is 0.0176. The lowest BCUT2D eigenvalue weighted by Gasteiger charge is -2.21. The van der Waals surface area contributed by atoms with Crippen molar-refractivity contribution in [2.45, 2.75) is 19.4 Å². The van der Waals surface area contributed by atoms with Crippen molar-refractivity contribution in [3.8, 4) is 6.07 Å². The van der Waals surface area contributed by atoms with Gasteiger partial charge in [0.05, 0.1) is 18.7 Å². The molecule has 3 rings (SSSR count). The molecule has 4 nitrogen and oxygen atoms in total. The van der Waals surface area contributed by atoms with E-state index >= 15 is 0 Å². The van der Waals surface area contributed by atoms with Crippen LogP contribution in [0.5, 0.6) is 0 Å². The van der Waals surface area contributed by atoms with Crippen molar-refractivity contribution in [1.29, 1.82) is 5.26 Å². The molecule has 112 valence electrons. The Morgan fingerprint density at radius 3 is 2.91 bits per heavy atom. The summed E-state index contributed by atoms with van der Waals surface area (Å²) in [6, 6.07) is 15.8. The van der Waals surface area contributed by atoms with Crippen LogP contribution in [0.2, 0.25) is 0 Å². The summed E-state index contributed by atoms with van der Waals surface area (Å²) in [5.74, 6) is 0.424. The Labute approximate surface area is 130 Å². The molecule has 0 aromatic heterocycles. The highest BCUT2D eigenvalue weighted by Crippen LogP contribution is 2.26. The van der Waals surface area contributed by atoms with E-state index in [2.05, 4.69) is 18.3 Å². The zero-order chi connectivity index (χ0) is 15.5. The van der Waals surface area contributed by atoms with Crippen molar-refractivity contribution < 1.29 is 4.79 Å². The average Bonchev–Trinajstić information content (AvgIpc) is 2.89. The molecule has 1 fully saturated rings. The maximum atomic E-state index is 12.6. The van der Waals surface area contributed by atoms with Gasteiger partial charge in [0.2, 0.25) is 5.91 Å². The van der Waals surface area contributed by atoms with Gasteiger partial charge >= 0.3 is 0 Å². The smallest absolute Gasteiger partial charge is 0.241 e. The van der Waals surface area contributed by atoms with Crippen LogP contribution in [0.25, 0.3) is 10.8 Å². The van der Waals surface area contributed by atoms with Crippen LogP contribution in [-0.4, -0.2) is 29.9 Å². The lowest BCUT2D eigenvalue weighted by atomic mass is 10.1. The van der Waals surface area contributed by atoms with E-state index in [1.807, 2.05) is 47.4 Å². The van der Waals surface area contributed by atoms with Gasteiger partial charge in [-0.1, -0.05) is 43.3 Å². The number of nitriles is 1. The van der Waals surface area contributed by atoms with Crippen LogP contribution >= 0.6 is 0 Å². The van der Waals surface area contributed by atoms with E-state index in [1.165, 1.54) is 0 Å². The zero-order valence-corrected chi connectivity index (χ0v) is 12.6. The quantitative estimate of drug-likeness (QED) is 0.885. The van der Waals surface area contributed by atoms with Crippen molar-refractivity contribution in [1.82, 2.24) is 4.90 Å². The molecule has 2 atom stereocenters. The minimum atomic E-state index is -0.214. The predicted molar refractivity (Wildman–Crippen MR) is 87.3 cm³/mol. The first-order valence-corrected chi connectivity index (χ1v) is 7.58. The monoisotopic (exact) mass is 293 g/mol. The number of hydrogen-bond donors (Lipinski definition) is 1. The lowest BCUT2D eigenvalue weighted by Crippen LogP contribution is -2.39. The number of fused-ring (bicyclic) bond motifs is 1. The van der Waals surface area contributed by atoms with Gasteiger partial charge in [-0.05, 0) is 23.8 Å². The van der Waals surface area contributed by atoms with Gasteiger partial charge in [-0.15, -0.1) is 0 Å². The van der Waals surface area contributed by atoms with Gasteiger partial charge in [-0.25, -0.2) is 0 Å². The van der Waals surface area contributed by atoms with Crippen LogP contribution in [0, 0.1) is 17.2 Å². The first-order chi connectivity index (χ1) is 10.7. The maximum Gasteiger partial charge on any atom is 0.241 e. The van der Waals surface area contributed by atoms with Crippen LogP contribution in [0.1, 0.15) is 13.3 Å². The number of nitrogens with zero attached hydrogens (tertiary/aromatic N) is 2. The second kappa shape index (κ2) is 6.17. The van der Waals surface area contributed by atoms with Crippen molar-refractivity contribution in [2.24, 2.45) is 5.92 Å². The van der Waals surface area contributed by atoms with Crippen LogP contribution < -0.4 is 5.32 Å². The predicted octanol–water partition coefficient (Wildman–Crippen LogP) is 3.01. The third-order valence-corrected chi connectivity index (χ3v) is 4.24. The van der Waals surface area contributed by atoms with E-state index in [4.69, 9.17) is 5.26 Å². The molecule has 1 saturated heterocycles. The SMILES string of the molecule is C[C@H]1C[C@@H](C(=O)Nc2cccc3ccccc23)N(CC#N)C1. The Bertz CT molecular complexity index is 729. The molecule has 0 saturated carbocycles. The van der Waals surface area contributed by atoms with E-state index in [-0.39, 0.29) is 11.9 Å². The molecule has 1 N–H and O–H groups in total. The summed E-state index contributed by atoms with van der Waals surface area (Å²) in [5, 5.41) is 14.1. The highest BCUT2D eigenvalue weighted by atomic mass is 16.2. The summed E-state index contributed by atoms with van der Waals surface area (Å²) in [4.78, 5) is 14.6. The first kappa shape index (κ1) is 14.6. The van der Waals surface area contributed by atoms with Gasteiger partial charge in [0.25, 0.3) is 0 Å². The molecule has 4 heteroatoms. The van der Waals surface area contributed by atoms with Gasteiger partial charge in [0.1, 0.15) is 0 Å². The Morgan fingerprint density at radius 1 is 1.32 bits per heavy atom. The molecular weight excluding hydrogens is 274 g/mol. The second-order valence-corrected chi connectivity index (χ2v) is 5.96. The number of nitrogens with one attached hydrogen (secondary N) is 1. The summed E-state index contributed by atoms with van der Waals surface area (Å²) in [6.45, 7) is 3.23. The van der Waals surface area contributed by atoms with E-state index in [0.717, 1.165) is 29.4 Å². The van der Waals surface area contributed by atoms with Crippen molar-refractivity contribution >= 4 is 22.4 Å². The third-order valence-electron chi connectivity index (χ3n) is 4.24. The van der Waals surface area contributed by atoms with Crippen LogP contribution in [0.3, 0.4) is 0 Å². The van der Waals surface area contributed by atoms with Gasteiger partial charge in [0.15, 0.2) is 0 Å². The third kappa shape index (κ3) is 2.81. The zero-order valence-electron chi connectivity index (χ0n) is 12.6. The minimum Gasteiger partial charge on any atom is -0.324 e. The molecule has 0 bridgehead atoms. The molecule has 2 aromatic carbocycles. The fraction of sp³-hybridized carbons (Fsp3) is 0.333. The Hall–Kier alpha value is -2.38. The number of anilines is 1. The Balaban J connectivity index is 1.83. The number of carbonyl (C=O) groups is 1. The molecule has 22 heavy (non-hydrogen) atoms. The molecule has 2 aromatic rings. The summed E-state index contributed by atoms with van der Waals surface area (Å²) in [7, 11) is 0. The van der Waals surface area contributed by atoms with Crippen LogP contribution in [-0.2, 0) is 4.79 Å². The summed E-state index contributed by atoms with van der Waals surface area (Å²) >= 11 is 0. The summed E-state index contributed by atoms with van der Waals surface area (Å²) in [5.41, 5.74) is 0.833. The second-order valence-electron chi connectivity index (χ2n) is 5.96. The van der Waals surface area contributed by atoms with Gasteiger partial charge < -0.3 is 5.32 Å². The maximum absolute atomic E-state index is 12.6. The van der Waals surface area contributed by atoms with Gasteiger partial charge in [-0.3, -0.25) is 9.69 Å². The van der Waals surface area contributed by atoms with Crippen molar-refractivity contribution in [3.63, 3.8) is 0 Å². The number of rotatable bonds is 3. The van der Waals surface area contributed by atoms with E-state index in [0.29, 0.717) is 12.5 Å². The summed E-state index contributed by atoms with van der Waals surface area (Å²) < 4.78 is 0. The molecule has 1 heterocycles. The van der Waals surface area contributed by atoms with Crippen LogP contribution in [0.4, 0.5) is 5.69 Å². The standard InChI is InChI=1S/C18H19N3O/c1-13-11-17(21(12-13)10-9-19)18(22)20-16-8-4-6-14-5-2-3-7-15(14)16/h2-8,13,17H,10-12H2,1H3,(H,20,22)/t13-,17-/m0/s1. The van der Waals surface area contributed by atoms with E-state index in [9.17, 15) is 4.79 Å². The summed E-state index contributed by atoms with van der Waals surface area (Å²) in [6.07, 6.45) is 0.804. The lowest BCUT2D eigenvalue weighted by molar-refractivity contribution is -0.120. The van der Waals surface area contributed by atoms with E-state index in [1.54, 1.807) is 0 Å². The fourth-order valence-electron chi connectivity index (χ4n) is 3.22. The number of benzene rings is 2. The molecule has 0 aliphatic carbocycles. The van der Waals surface area contributed by atoms with Crippen LogP contribution in [0.15, 0.2) is 42.5 Å². The average molecular weight is 293 g/mol. The highest BCUT2D eigenvalue weighted by molar-refractivity contribution is 6.03. The van der Waals surface area contributed by atoms with Crippen molar-refractivity contribution in [2.75, 3.05) is 18.4 Å².